The van der Waals surface area contributed by atoms with Crippen molar-refractivity contribution in [3.63, 3.8) is 0 Å². The number of anilines is 1. The third-order valence-electron chi connectivity index (χ3n) is 7.12. The van der Waals surface area contributed by atoms with E-state index in [4.69, 9.17) is 19.9 Å². The number of phenolic OH excluding ortho intramolecular Hbond substituents is 1. The number of hydrogen-bond acceptors (Lipinski definition) is 23. The fourth-order valence-corrected chi connectivity index (χ4v) is 6.21. The predicted molar refractivity (Wildman–Crippen MR) is 194 cm³/mol. The molecule has 0 saturated heterocycles. The predicted octanol–water partition coefficient (Wildman–Crippen LogP) is -1.93. The van der Waals surface area contributed by atoms with Crippen LogP contribution in [0.4, 0.5) is 45.5 Å². The van der Waals surface area contributed by atoms with Crippen LogP contribution in [0.2, 0.25) is 0 Å². The summed E-state index contributed by atoms with van der Waals surface area (Å²) in [5.41, 5.74) is 6.77. The zero-order valence-electron chi connectivity index (χ0n) is 31.8. The first kappa shape index (κ1) is 52.3. The average molecular weight is 895 g/mol. The zero-order chi connectivity index (χ0) is 40.2. The molecular formula is C32H25N8Na3O13S3. The Morgan fingerprint density at radius 2 is 1.36 bits per heavy atom. The van der Waals surface area contributed by atoms with E-state index in [-0.39, 0.29) is 133 Å². The maximum absolute atomic E-state index is 11.7. The minimum Gasteiger partial charge on any atom is -0.744 e. The van der Waals surface area contributed by atoms with Gasteiger partial charge in [0.25, 0.3) is 0 Å². The van der Waals surface area contributed by atoms with Crippen LogP contribution in [-0.4, -0.2) is 45.8 Å². The van der Waals surface area contributed by atoms with Gasteiger partial charge in [0.1, 0.15) is 44.4 Å². The van der Waals surface area contributed by atoms with Gasteiger partial charge in [0.15, 0.2) is 12.2 Å². The number of fused-ring (bicyclic) bond motifs is 1. The molecule has 5 aromatic rings. The summed E-state index contributed by atoms with van der Waals surface area (Å²) in [5, 5.41) is 64.2. The van der Waals surface area contributed by atoms with Crippen LogP contribution >= 0.6 is 24.1 Å². The molecule has 0 fully saturated rings. The van der Waals surface area contributed by atoms with E-state index in [9.17, 15) is 28.6 Å². The summed E-state index contributed by atoms with van der Waals surface area (Å²) >= 11 is 1.04. The molecular weight excluding hydrogens is 870 g/mol. The Balaban J connectivity index is 0.00000400. The number of ether oxygens (including phenoxy) is 3. The van der Waals surface area contributed by atoms with E-state index in [2.05, 4.69) is 54.4 Å². The number of benzene rings is 5. The molecule has 0 aliphatic rings. The third kappa shape index (κ3) is 14.1. The molecule has 5 rings (SSSR count). The van der Waals surface area contributed by atoms with Crippen LogP contribution in [0.25, 0.3) is 10.8 Å². The molecule has 5 aromatic carbocycles. The maximum atomic E-state index is 11.7. The Morgan fingerprint density at radius 3 is 2.02 bits per heavy atom. The van der Waals surface area contributed by atoms with Crippen molar-refractivity contribution in [3.8, 4) is 17.2 Å². The average Bonchev–Trinajstić information content (AvgIpc) is 3.19. The van der Waals surface area contributed by atoms with Crippen LogP contribution in [0.3, 0.4) is 0 Å². The Bertz CT molecular complexity index is 2470. The van der Waals surface area contributed by atoms with Crippen molar-refractivity contribution in [2.45, 2.75) is 14.7 Å². The summed E-state index contributed by atoms with van der Waals surface area (Å²) in [7, 11) is -0.804. The number of nitrogens with two attached hydrogens (primary N) is 1. The van der Waals surface area contributed by atoms with Gasteiger partial charge in [0.2, 0.25) is 0 Å². The second-order valence-electron chi connectivity index (χ2n) is 10.5. The molecule has 27 heteroatoms. The first-order valence-corrected chi connectivity index (χ1v) is 18.0. The van der Waals surface area contributed by atoms with Crippen molar-refractivity contribution >= 4 is 96.9 Å². The summed E-state index contributed by atoms with van der Waals surface area (Å²) in [5.74, 6) is -0.128. The van der Waals surface area contributed by atoms with Gasteiger partial charge in [-0.1, -0.05) is 6.07 Å². The smallest absolute Gasteiger partial charge is 0.744 e. The Hall–Kier alpha value is -2.80. The quantitative estimate of drug-likeness (QED) is 0.0118. The van der Waals surface area contributed by atoms with E-state index in [1.807, 2.05) is 0 Å². The van der Waals surface area contributed by atoms with Crippen LogP contribution in [0.5, 0.6) is 17.2 Å². The molecule has 0 bridgehead atoms. The molecule has 0 atom stereocenters. The molecule has 0 amide bonds. The first-order chi connectivity index (χ1) is 27.0. The minimum atomic E-state index is -4.97. The van der Waals surface area contributed by atoms with Gasteiger partial charge in [0, 0.05) is 28.1 Å². The molecule has 0 aliphatic heterocycles. The number of aliphatic imine (C=N–C) groups is 1. The van der Waals surface area contributed by atoms with E-state index < -0.39 is 26.5 Å². The summed E-state index contributed by atoms with van der Waals surface area (Å²) in [4.78, 5) is 4.03. The number of hydrogen-bond donors (Lipinski definition) is 2. The standard InChI is InChI=1S/C32H28N8O13S3.3Na/c1-47-16-34-24-14-26(39-40-31-29(55-53-51-43)9-17-10-30(56(44,45)46)22(33)13-21(17)32(31)41)28(49-3)15-25(24)38-37-23-8-7-19(12-27(23)48-2)36-35-18-5-4-6-20(11-18)54-52-50-42;;;/h4-16,41-43H,33H2,1-3H3,(H,44,45,46);;;/q;3*+1/p-3. The van der Waals surface area contributed by atoms with Gasteiger partial charge >= 0.3 is 88.7 Å². The second kappa shape index (κ2) is 25.2. The number of phenols is 1. The van der Waals surface area contributed by atoms with Crippen molar-refractivity contribution in [3.05, 3.63) is 72.8 Å². The summed E-state index contributed by atoms with van der Waals surface area (Å²) in [6, 6.07) is 17.7. The van der Waals surface area contributed by atoms with Gasteiger partial charge in [-0.25, -0.2) is 13.4 Å². The van der Waals surface area contributed by atoms with E-state index in [0.29, 0.717) is 39.7 Å². The minimum absolute atomic E-state index is 0. The zero-order valence-corrected chi connectivity index (χ0v) is 40.2. The van der Waals surface area contributed by atoms with E-state index in [0.717, 1.165) is 30.6 Å². The number of rotatable bonds is 17. The number of methoxy groups -OCH3 is 3. The van der Waals surface area contributed by atoms with Crippen LogP contribution in [0.1, 0.15) is 0 Å². The SMILES string of the molecule is COC=Nc1cc(N=Nc2c(SOO[O-])cc3cc(S(=O)(=O)[O-])c(N)cc3c2O)c(OC)cc1N=Nc1ccc(N=Nc2cccc(SOO[O-])c2)cc1OC.[Na+].[Na+].[Na+]. The summed E-state index contributed by atoms with van der Waals surface area (Å²) < 4.78 is 59.9. The van der Waals surface area contributed by atoms with Gasteiger partial charge in [0.05, 0.1) is 72.3 Å². The monoisotopic (exact) mass is 894 g/mol. The number of nitrogen functional groups attached to an aromatic ring is 1. The van der Waals surface area contributed by atoms with Crippen LogP contribution in [-0.2, 0) is 33.6 Å². The molecule has 0 aliphatic carbocycles. The van der Waals surface area contributed by atoms with Crippen molar-refractivity contribution in [1.82, 2.24) is 0 Å². The molecule has 0 spiro atoms. The summed E-state index contributed by atoms with van der Waals surface area (Å²) in [6.07, 6.45) is 1.13. The van der Waals surface area contributed by atoms with Crippen molar-refractivity contribution in [1.29, 1.82) is 0 Å². The fraction of sp³-hybridized carbons (Fsp3) is 0.0938. The number of aromatic hydroxyl groups is 1. The van der Waals surface area contributed by atoms with Crippen molar-refractivity contribution in [2.75, 3.05) is 27.1 Å². The molecule has 292 valence electrons. The molecule has 0 heterocycles. The maximum Gasteiger partial charge on any atom is 1.00 e. The van der Waals surface area contributed by atoms with Gasteiger partial charge in [-0.3, -0.25) is 10.1 Å². The van der Waals surface area contributed by atoms with Crippen molar-refractivity contribution < 1.29 is 150 Å². The molecule has 0 aromatic heterocycles. The van der Waals surface area contributed by atoms with Crippen molar-refractivity contribution in [2.24, 2.45) is 35.7 Å². The van der Waals surface area contributed by atoms with Gasteiger partial charge in [-0.2, -0.15) is 18.9 Å². The third-order valence-corrected chi connectivity index (χ3v) is 9.20. The molecule has 59 heavy (non-hydrogen) atoms. The van der Waals surface area contributed by atoms with E-state index in [1.165, 1.54) is 39.5 Å². The van der Waals surface area contributed by atoms with E-state index >= 15 is 0 Å². The number of azo groups is 3. The second-order valence-corrected chi connectivity index (χ2v) is 13.4. The molecule has 3 N–H and O–H groups in total. The Kier molecular flexibility index (Phi) is 22.4. The van der Waals surface area contributed by atoms with E-state index in [1.54, 1.807) is 42.5 Å². The van der Waals surface area contributed by atoms with Crippen LogP contribution < -0.4 is 114 Å². The topological polar surface area (TPSA) is 301 Å². The summed E-state index contributed by atoms with van der Waals surface area (Å²) in [6.45, 7) is 0. The molecule has 21 nitrogen and oxygen atoms in total. The normalized spacial score (nSPS) is 11.6. The van der Waals surface area contributed by atoms with Gasteiger partial charge in [-0.05, 0) is 60.0 Å². The van der Waals surface area contributed by atoms with Gasteiger partial charge < -0.3 is 40.1 Å². The largest absolute Gasteiger partial charge is 1.00 e. The van der Waals surface area contributed by atoms with Crippen LogP contribution in [0.15, 0.2) is 123 Å². The fourth-order valence-electron chi connectivity index (χ4n) is 4.69. The Morgan fingerprint density at radius 1 is 0.712 bits per heavy atom. The Labute approximate surface area is 410 Å². The number of nitrogens with zero attached hydrogens (tertiary/aromatic N) is 7. The van der Waals surface area contributed by atoms with Crippen LogP contribution in [0, 0.1) is 0 Å². The molecule has 0 unspecified atom stereocenters. The molecule has 0 saturated carbocycles. The van der Waals surface area contributed by atoms with Gasteiger partial charge in [-0.15, -0.1) is 20.5 Å². The first-order valence-electron chi connectivity index (χ1n) is 15.1. The molecule has 0 radical (unpaired) electrons.